The van der Waals surface area contributed by atoms with E-state index in [0.717, 1.165) is 0 Å². The van der Waals surface area contributed by atoms with Crippen molar-refractivity contribution in [1.82, 2.24) is 0 Å². The quantitative estimate of drug-likeness (QED) is 0.465. The van der Waals surface area contributed by atoms with Gasteiger partial charge in [-0.15, -0.1) is 0 Å². The second-order valence-corrected chi connectivity index (χ2v) is 0. The van der Waals surface area contributed by atoms with Crippen LogP contribution in [0.4, 0.5) is 0 Å². The molecule has 0 aliphatic heterocycles. The fraction of sp³-hybridized carbons (Fsp3) is 0.500. The van der Waals surface area contributed by atoms with Crippen molar-refractivity contribution >= 4 is 0 Å². The summed E-state index contributed by atoms with van der Waals surface area (Å²) in [6.07, 6.45) is 0. The van der Waals surface area contributed by atoms with Crippen molar-refractivity contribution in [2.45, 2.75) is 14.9 Å². The third kappa shape index (κ3) is 40.4. The van der Waals surface area contributed by atoms with Crippen LogP contribution in [0.2, 0.25) is 0 Å². The smallest absolute Gasteiger partial charge is 0 e. The maximum Gasteiger partial charge on any atom is 0 e. The topological polar surface area (TPSA) is 0 Å². The Kier molecular flexibility index (Phi) is 1840. The Morgan fingerprint density at radius 1 is 0.600 bits per heavy atom. The zero-order chi connectivity index (χ0) is 0. The molecule has 0 aliphatic carbocycles. The SMILES string of the molecule is C.C.[CH3-].[CH3-].[Y]. The zero-order valence-corrected chi connectivity index (χ0v) is 5.42. The van der Waals surface area contributed by atoms with Gasteiger partial charge in [-0.1, -0.05) is 14.9 Å². The predicted molar refractivity (Wildman–Crippen MR) is 26.3 cm³/mol. The van der Waals surface area contributed by atoms with E-state index in [4.69, 9.17) is 0 Å². The molecule has 0 N–H and O–H groups in total. The van der Waals surface area contributed by atoms with Gasteiger partial charge in [0.2, 0.25) is 0 Å². The maximum absolute atomic E-state index is 0. The van der Waals surface area contributed by atoms with Crippen molar-refractivity contribution < 1.29 is 32.7 Å². The molecule has 0 aromatic rings. The fourth-order valence-corrected chi connectivity index (χ4v) is 0. The molecule has 1 radical (unpaired) electrons. The molecule has 0 saturated carbocycles. The minimum absolute atomic E-state index is 0. The van der Waals surface area contributed by atoms with Crippen LogP contribution in [0.1, 0.15) is 14.9 Å². The van der Waals surface area contributed by atoms with Gasteiger partial charge in [-0.25, -0.2) is 0 Å². The van der Waals surface area contributed by atoms with Crippen LogP contribution in [-0.4, -0.2) is 0 Å². The summed E-state index contributed by atoms with van der Waals surface area (Å²) in [5, 5.41) is 0. The van der Waals surface area contributed by atoms with E-state index in [1.807, 2.05) is 0 Å². The third-order valence-corrected chi connectivity index (χ3v) is 0. The van der Waals surface area contributed by atoms with E-state index < -0.39 is 0 Å². The van der Waals surface area contributed by atoms with Crippen molar-refractivity contribution in [1.29, 1.82) is 0 Å². The van der Waals surface area contributed by atoms with Gasteiger partial charge in [-0.2, -0.15) is 0 Å². The number of rotatable bonds is 0. The fourth-order valence-electron chi connectivity index (χ4n) is 0. The molecule has 0 fully saturated rings. The van der Waals surface area contributed by atoms with E-state index in [1.165, 1.54) is 0 Å². The molecule has 35 valence electrons. The Balaban J connectivity index is 0. The standard InChI is InChI=1S/2CH4.2CH3.Y/h2*1H4;2*1H3;/q;;2*-1;. The monoisotopic (exact) mass is 151 g/mol. The molecule has 0 nitrogen and oxygen atoms in total. The van der Waals surface area contributed by atoms with Gasteiger partial charge >= 0.3 is 0 Å². The van der Waals surface area contributed by atoms with Crippen LogP contribution in [0.25, 0.3) is 0 Å². The summed E-state index contributed by atoms with van der Waals surface area (Å²) in [7, 11) is 0. The summed E-state index contributed by atoms with van der Waals surface area (Å²) in [5.74, 6) is 0. The van der Waals surface area contributed by atoms with Gasteiger partial charge in [0.25, 0.3) is 0 Å². The van der Waals surface area contributed by atoms with Gasteiger partial charge in [-0.05, 0) is 0 Å². The average Bonchev–Trinajstić information content (AvgIpc) is 0. The van der Waals surface area contributed by atoms with Gasteiger partial charge in [0, 0.05) is 32.7 Å². The molecule has 1 heteroatoms. The van der Waals surface area contributed by atoms with Gasteiger partial charge < -0.3 is 14.9 Å². The Bertz CT molecular complexity index is 3.61. The van der Waals surface area contributed by atoms with Crippen molar-refractivity contribution in [3.8, 4) is 0 Å². The van der Waals surface area contributed by atoms with Crippen LogP contribution in [0.15, 0.2) is 0 Å². The summed E-state index contributed by atoms with van der Waals surface area (Å²) in [6, 6.07) is 0. The molecular weight excluding hydrogens is 137 g/mol. The third-order valence-electron chi connectivity index (χ3n) is 0. The van der Waals surface area contributed by atoms with Crippen LogP contribution in [-0.2, 0) is 32.7 Å². The van der Waals surface area contributed by atoms with E-state index in [9.17, 15) is 0 Å². The molecule has 0 heterocycles. The molecule has 5 heavy (non-hydrogen) atoms. The number of hydrogen-bond acceptors (Lipinski definition) is 0. The van der Waals surface area contributed by atoms with Crippen molar-refractivity contribution in [3.05, 3.63) is 14.9 Å². The first-order chi connectivity index (χ1) is 0. The molecule has 0 aromatic heterocycles. The van der Waals surface area contributed by atoms with Crippen molar-refractivity contribution in [2.24, 2.45) is 0 Å². The molecule has 0 spiro atoms. The molecule has 0 aliphatic rings. The van der Waals surface area contributed by atoms with E-state index in [1.54, 1.807) is 0 Å². The minimum Gasteiger partial charge on any atom is -0.358 e. The Hall–Kier alpha value is 1.10. The first kappa shape index (κ1) is 130. The Morgan fingerprint density at radius 2 is 0.600 bits per heavy atom. The van der Waals surface area contributed by atoms with E-state index in [0.29, 0.717) is 0 Å². The zero-order valence-electron chi connectivity index (χ0n) is 2.58. The molecule has 0 amide bonds. The molecule has 0 aromatic carbocycles. The molecule has 0 bridgehead atoms. The largest absolute Gasteiger partial charge is 0.358 e. The van der Waals surface area contributed by atoms with E-state index in [2.05, 4.69) is 0 Å². The van der Waals surface area contributed by atoms with Crippen LogP contribution < -0.4 is 0 Å². The summed E-state index contributed by atoms with van der Waals surface area (Å²) in [4.78, 5) is 0. The van der Waals surface area contributed by atoms with Crippen LogP contribution >= 0.6 is 0 Å². The summed E-state index contributed by atoms with van der Waals surface area (Å²) in [5.41, 5.74) is 0. The van der Waals surface area contributed by atoms with Crippen molar-refractivity contribution in [2.75, 3.05) is 0 Å². The van der Waals surface area contributed by atoms with E-state index >= 15 is 0 Å². The molecular formula is C4H14Y-2. The van der Waals surface area contributed by atoms with Crippen LogP contribution in [0.5, 0.6) is 0 Å². The first-order valence-corrected chi connectivity index (χ1v) is 0. The summed E-state index contributed by atoms with van der Waals surface area (Å²) < 4.78 is 0. The molecule has 0 saturated heterocycles. The average molecular weight is 151 g/mol. The molecule has 0 rings (SSSR count). The van der Waals surface area contributed by atoms with Gasteiger partial charge in [0.15, 0.2) is 0 Å². The normalized spacial score (nSPS) is 0. The van der Waals surface area contributed by atoms with Crippen LogP contribution in [0.3, 0.4) is 0 Å². The predicted octanol–water partition coefficient (Wildman–Crippen LogP) is 2.17. The van der Waals surface area contributed by atoms with Gasteiger partial charge in [-0.3, -0.25) is 0 Å². The Labute approximate surface area is 62.2 Å². The van der Waals surface area contributed by atoms with Gasteiger partial charge in [0.1, 0.15) is 0 Å². The molecule has 0 unspecified atom stereocenters. The van der Waals surface area contributed by atoms with Gasteiger partial charge in [0.05, 0.1) is 0 Å². The van der Waals surface area contributed by atoms with E-state index in [-0.39, 0.29) is 62.4 Å². The second-order valence-electron chi connectivity index (χ2n) is 0. The summed E-state index contributed by atoms with van der Waals surface area (Å²) in [6.45, 7) is 0. The van der Waals surface area contributed by atoms with Crippen LogP contribution in [0, 0.1) is 14.9 Å². The summed E-state index contributed by atoms with van der Waals surface area (Å²) >= 11 is 0. The molecule has 0 atom stereocenters. The second kappa shape index (κ2) is 70.5. The minimum atomic E-state index is 0. The Morgan fingerprint density at radius 3 is 0.600 bits per heavy atom. The maximum atomic E-state index is 0. The first-order valence-electron chi connectivity index (χ1n) is 0. The van der Waals surface area contributed by atoms with Crippen molar-refractivity contribution in [3.63, 3.8) is 0 Å². The number of hydrogen-bond donors (Lipinski definition) is 0.